The van der Waals surface area contributed by atoms with E-state index in [-0.39, 0.29) is 5.91 Å². The number of aliphatic imine (C=N–C) groups is 2. The van der Waals surface area contributed by atoms with Crippen molar-refractivity contribution in [2.45, 2.75) is 20.8 Å². The number of nitrogens with one attached hydrogen (secondary N) is 1. The number of amides is 1. The third-order valence-corrected chi connectivity index (χ3v) is 4.78. The van der Waals surface area contributed by atoms with Crippen LogP contribution in [0.25, 0.3) is 11.3 Å². The molecule has 1 aromatic carbocycles. The Balaban J connectivity index is 0.00000109. The van der Waals surface area contributed by atoms with Gasteiger partial charge in [-0.2, -0.15) is 0 Å². The molecule has 9 heteroatoms. The fraction of sp³-hybridized carbons (Fsp3) is 0.148. The van der Waals surface area contributed by atoms with Gasteiger partial charge in [0.2, 0.25) is 0 Å². The summed E-state index contributed by atoms with van der Waals surface area (Å²) in [4.78, 5) is 29.6. The van der Waals surface area contributed by atoms with Crippen LogP contribution in [0.4, 0.5) is 17.2 Å². The second kappa shape index (κ2) is 13.9. The number of anilines is 2. The number of nitrogens with zero attached hydrogens (tertiary/aromatic N) is 5. The summed E-state index contributed by atoms with van der Waals surface area (Å²) >= 11 is 0. The van der Waals surface area contributed by atoms with E-state index in [9.17, 15) is 4.79 Å². The fourth-order valence-corrected chi connectivity index (χ4v) is 3.21. The van der Waals surface area contributed by atoms with Crippen LogP contribution in [-0.2, 0) is 0 Å². The van der Waals surface area contributed by atoms with Crippen molar-refractivity contribution in [1.82, 2.24) is 14.4 Å². The van der Waals surface area contributed by atoms with Crippen LogP contribution in [0.5, 0.6) is 0 Å². The Bertz CT molecular complexity index is 1350. The molecule has 9 nitrogen and oxygen atoms in total. The molecule has 0 bridgehead atoms. The molecule has 4 aromatic rings. The van der Waals surface area contributed by atoms with E-state index < -0.39 is 0 Å². The molecule has 36 heavy (non-hydrogen) atoms. The van der Waals surface area contributed by atoms with Crippen molar-refractivity contribution in [3.8, 4) is 0 Å². The molecule has 0 radical (unpaired) electrons. The summed E-state index contributed by atoms with van der Waals surface area (Å²) in [5.74, 6) is 0.155. The van der Waals surface area contributed by atoms with Crippen molar-refractivity contribution in [2.75, 3.05) is 18.1 Å². The molecule has 0 saturated carbocycles. The Morgan fingerprint density at radius 2 is 1.81 bits per heavy atom. The lowest BCUT2D eigenvalue weighted by Gasteiger charge is -2.07. The van der Waals surface area contributed by atoms with Crippen LogP contribution in [0.1, 0.15) is 35.6 Å². The predicted octanol–water partition coefficient (Wildman–Crippen LogP) is 4.92. The first-order valence-corrected chi connectivity index (χ1v) is 11.4. The molecule has 3 heterocycles. The van der Waals surface area contributed by atoms with Gasteiger partial charge in [-0.05, 0) is 63.2 Å². The zero-order chi connectivity index (χ0) is 26.5. The smallest absolute Gasteiger partial charge is 0.257 e. The minimum Gasteiger partial charge on any atom is -0.397 e. The molecule has 186 valence electrons. The van der Waals surface area contributed by atoms with Gasteiger partial charge in [-0.15, -0.1) is 0 Å². The monoisotopic (exact) mass is 484 g/mol. The minimum absolute atomic E-state index is 0.299. The number of pyridine rings is 2. The quantitative estimate of drug-likeness (QED) is 0.264. The minimum atomic E-state index is -0.299. The van der Waals surface area contributed by atoms with E-state index in [0.29, 0.717) is 28.5 Å². The van der Waals surface area contributed by atoms with Gasteiger partial charge in [0, 0.05) is 18.6 Å². The van der Waals surface area contributed by atoms with Gasteiger partial charge in [0.05, 0.1) is 34.0 Å². The van der Waals surface area contributed by atoms with Gasteiger partial charge < -0.3 is 16.8 Å². The summed E-state index contributed by atoms with van der Waals surface area (Å²) in [5, 5.41) is 2.77. The van der Waals surface area contributed by atoms with E-state index in [1.54, 1.807) is 48.7 Å². The molecule has 5 N–H and O–H groups in total. The van der Waals surface area contributed by atoms with Crippen molar-refractivity contribution in [1.29, 1.82) is 0 Å². The highest BCUT2D eigenvalue weighted by molar-refractivity contribution is 6.05. The maximum absolute atomic E-state index is 12.4. The van der Waals surface area contributed by atoms with Gasteiger partial charge in [0.15, 0.2) is 5.82 Å². The van der Waals surface area contributed by atoms with Crippen molar-refractivity contribution < 1.29 is 4.79 Å². The Hall–Kier alpha value is -4.63. The number of aromatic nitrogens is 3. The van der Waals surface area contributed by atoms with Crippen LogP contribution in [-0.4, -0.2) is 40.3 Å². The standard InChI is InChI=1S/C24H21N7O.C2H6.CH5N/c1-16-23(31-14-6-5-9-22(31)29-16)20(26-2)12-13-27-21-11-10-17(15-28-21)24(32)30-19-8-4-3-7-18(19)25;2*1-2/h3-15H,2,25H2,1H3,(H,30,32);1-2H3;2H2,1H3/b20-12-,27-13?;;. The highest BCUT2D eigenvalue weighted by Crippen LogP contribution is 2.21. The molecule has 1 amide bonds. The molecular formula is C27H32N8O. The van der Waals surface area contributed by atoms with Crippen LogP contribution in [0.2, 0.25) is 0 Å². The van der Waals surface area contributed by atoms with Gasteiger partial charge in [-0.1, -0.05) is 32.0 Å². The highest BCUT2D eigenvalue weighted by atomic mass is 16.1. The average molecular weight is 485 g/mol. The number of allylic oxidation sites excluding steroid dienone is 1. The lowest BCUT2D eigenvalue weighted by atomic mass is 10.2. The number of imidazole rings is 1. The van der Waals surface area contributed by atoms with Gasteiger partial charge in [-0.3, -0.25) is 14.2 Å². The number of rotatable bonds is 6. The maximum atomic E-state index is 12.4. The Kier molecular flexibility index (Phi) is 10.7. The third-order valence-electron chi connectivity index (χ3n) is 4.78. The molecule has 0 aliphatic carbocycles. The number of carbonyl (C=O) groups excluding carboxylic acids is 1. The molecule has 0 fully saturated rings. The Morgan fingerprint density at radius 1 is 1.08 bits per heavy atom. The summed E-state index contributed by atoms with van der Waals surface area (Å²) in [7, 11) is 1.50. The van der Waals surface area contributed by atoms with Crippen LogP contribution < -0.4 is 16.8 Å². The Morgan fingerprint density at radius 3 is 2.47 bits per heavy atom. The number of nitrogens with two attached hydrogens (primary N) is 2. The third kappa shape index (κ3) is 6.71. The van der Waals surface area contributed by atoms with Gasteiger partial charge >= 0.3 is 0 Å². The maximum Gasteiger partial charge on any atom is 0.257 e. The van der Waals surface area contributed by atoms with Crippen LogP contribution >= 0.6 is 0 Å². The summed E-state index contributed by atoms with van der Waals surface area (Å²) in [6.07, 6.45) is 6.73. The van der Waals surface area contributed by atoms with Gasteiger partial charge in [0.1, 0.15) is 5.65 Å². The molecular weight excluding hydrogens is 452 g/mol. The lowest BCUT2D eigenvalue weighted by molar-refractivity contribution is 0.102. The number of carbonyl (C=O) groups is 1. The number of fused-ring (bicyclic) bond motifs is 1. The van der Waals surface area contributed by atoms with Crippen molar-refractivity contribution >= 4 is 47.4 Å². The number of aryl methyl sites for hydroxylation is 1. The van der Waals surface area contributed by atoms with Crippen molar-refractivity contribution in [2.24, 2.45) is 15.7 Å². The number of hydrogen-bond donors (Lipinski definition) is 3. The van der Waals surface area contributed by atoms with E-state index in [0.717, 1.165) is 17.0 Å². The molecule has 0 saturated heterocycles. The van der Waals surface area contributed by atoms with E-state index in [1.807, 2.05) is 49.6 Å². The van der Waals surface area contributed by atoms with Crippen LogP contribution in [0.15, 0.2) is 83.1 Å². The number of para-hydroxylation sites is 2. The van der Waals surface area contributed by atoms with E-state index in [4.69, 9.17) is 5.73 Å². The molecule has 0 aliphatic heterocycles. The topological polar surface area (TPSA) is 136 Å². The molecule has 3 aromatic heterocycles. The lowest BCUT2D eigenvalue weighted by Crippen LogP contribution is -2.13. The second-order valence-electron chi connectivity index (χ2n) is 6.91. The molecule has 4 rings (SSSR count). The normalized spacial score (nSPS) is 10.8. The van der Waals surface area contributed by atoms with E-state index >= 15 is 0 Å². The number of nitrogen functional groups attached to an aromatic ring is 1. The summed E-state index contributed by atoms with van der Waals surface area (Å²) < 4.78 is 1.95. The summed E-state index contributed by atoms with van der Waals surface area (Å²) in [6.45, 7) is 9.60. The van der Waals surface area contributed by atoms with Gasteiger partial charge in [0.25, 0.3) is 5.91 Å². The van der Waals surface area contributed by atoms with Crippen molar-refractivity contribution in [3.63, 3.8) is 0 Å². The van der Waals surface area contributed by atoms with E-state index in [1.165, 1.54) is 13.2 Å². The van der Waals surface area contributed by atoms with Gasteiger partial charge in [-0.25, -0.2) is 15.0 Å². The summed E-state index contributed by atoms with van der Waals surface area (Å²) in [5.41, 5.74) is 15.0. The van der Waals surface area contributed by atoms with E-state index in [2.05, 4.69) is 37.7 Å². The molecule has 0 spiro atoms. The second-order valence-corrected chi connectivity index (χ2v) is 6.91. The highest BCUT2D eigenvalue weighted by Gasteiger charge is 2.11. The first-order valence-electron chi connectivity index (χ1n) is 11.4. The number of benzene rings is 1. The van der Waals surface area contributed by atoms with Crippen molar-refractivity contribution in [3.05, 3.63) is 90.0 Å². The number of hydrogen-bond acceptors (Lipinski definition) is 7. The Labute approximate surface area is 211 Å². The molecule has 0 unspecified atom stereocenters. The predicted molar refractivity (Wildman–Crippen MR) is 150 cm³/mol. The first-order chi connectivity index (χ1) is 17.6. The van der Waals surface area contributed by atoms with Crippen LogP contribution in [0, 0.1) is 6.92 Å². The first kappa shape index (κ1) is 27.6. The SMILES string of the molecule is C=N/C(=C\C=Nc1ccc(C(=O)Nc2ccccc2N)cn1)c1c(C)nc2ccccn12.CC.CN. The average Bonchev–Trinajstić information content (AvgIpc) is 3.26. The zero-order valence-corrected chi connectivity index (χ0v) is 21.0. The largest absolute Gasteiger partial charge is 0.397 e. The molecule has 0 aliphatic rings. The summed E-state index contributed by atoms with van der Waals surface area (Å²) in [6, 6.07) is 16.2. The fourth-order valence-electron chi connectivity index (χ4n) is 3.21. The zero-order valence-electron chi connectivity index (χ0n) is 21.0. The molecule has 0 atom stereocenters. The van der Waals surface area contributed by atoms with Crippen LogP contribution in [0.3, 0.4) is 0 Å².